The number of hydrogen-bond acceptors (Lipinski definition) is 4. The third-order valence-electron chi connectivity index (χ3n) is 7.31. The Hall–Kier alpha value is -3.51. The number of carbonyl (C=O) groups excluding carboxylic acids is 1. The quantitative estimate of drug-likeness (QED) is 0.431. The highest BCUT2D eigenvalue weighted by atomic mass is 35.5. The smallest absolute Gasteiger partial charge is 0.255 e. The van der Waals surface area contributed by atoms with E-state index in [9.17, 15) is 4.79 Å². The van der Waals surface area contributed by atoms with Gasteiger partial charge in [0.05, 0.1) is 22.0 Å². The third-order valence-corrected chi connectivity index (χ3v) is 7.89. The van der Waals surface area contributed by atoms with Crippen LogP contribution in [0.1, 0.15) is 21.5 Å². The molecule has 7 heteroatoms. The maximum atomic E-state index is 13.1. The molecular formula is C31H28Cl2N4O. The minimum atomic E-state index is -0.00415. The van der Waals surface area contributed by atoms with Crippen LogP contribution in [0.3, 0.4) is 0 Å². The van der Waals surface area contributed by atoms with Crippen molar-refractivity contribution in [1.29, 1.82) is 0 Å². The minimum Gasteiger partial charge on any atom is -0.360 e. The molecule has 5 nitrogen and oxygen atoms in total. The number of piperazine rings is 1. The van der Waals surface area contributed by atoms with E-state index in [4.69, 9.17) is 23.2 Å². The molecule has 3 aliphatic heterocycles. The molecule has 38 heavy (non-hydrogen) atoms. The monoisotopic (exact) mass is 542 g/mol. The molecule has 1 saturated heterocycles. The fourth-order valence-electron chi connectivity index (χ4n) is 5.24. The van der Waals surface area contributed by atoms with Gasteiger partial charge in [-0.25, -0.2) is 0 Å². The number of fused-ring (bicyclic) bond motifs is 1. The second-order valence-electron chi connectivity index (χ2n) is 9.68. The van der Waals surface area contributed by atoms with Gasteiger partial charge in [-0.3, -0.25) is 9.69 Å². The Kier molecular flexibility index (Phi) is 6.98. The van der Waals surface area contributed by atoms with Crippen molar-refractivity contribution < 1.29 is 4.79 Å². The number of carbonyl (C=O) groups is 1. The van der Waals surface area contributed by atoms with Crippen molar-refractivity contribution in [2.45, 2.75) is 6.17 Å². The van der Waals surface area contributed by atoms with Gasteiger partial charge in [-0.1, -0.05) is 83.9 Å². The van der Waals surface area contributed by atoms with Gasteiger partial charge in [-0.2, -0.15) is 0 Å². The van der Waals surface area contributed by atoms with E-state index in [1.165, 1.54) is 16.8 Å². The average Bonchev–Trinajstić information content (AvgIpc) is 3.31. The maximum absolute atomic E-state index is 13.1. The molecule has 1 fully saturated rings. The topological polar surface area (TPSA) is 38.8 Å². The fourth-order valence-corrected chi connectivity index (χ4v) is 5.58. The summed E-state index contributed by atoms with van der Waals surface area (Å²) in [5, 5.41) is 4.94. The SMILES string of the molecule is O=C(c1ccccc1Cl)N1CCN(CC2=C(c3ccc(Cl)cc3)NC3C=CC(c4ccccc4)=CN23)CC1. The Morgan fingerprint density at radius 1 is 0.842 bits per heavy atom. The number of benzene rings is 3. The average molecular weight is 543 g/mol. The van der Waals surface area contributed by atoms with Crippen molar-refractivity contribution in [3.05, 3.63) is 130 Å². The molecule has 1 atom stereocenters. The third kappa shape index (κ3) is 4.97. The molecular weight excluding hydrogens is 515 g/mol. The van der Waals surface area contributed by atoms with Crippen LogP contribution in [0.4, 0.5) is 0 Å². The van der Waals surface area contributed by atoms with Gasteiger partial charge in [-0.05, 0) is 47.0 Å². The van der Waals surface area contributed by atoms with E-state index < -0.39 is 0 Å². The molecule has 3 aliphatic rings. The maximum Gasteiger partial charge on any atom is 0.255 e. The Bertz CT molecular complexity index is 1420. The summed E-state index contributed by atoms with van der Waals surface area (Å²) < 4.78 is 0. The van der Waals surface area contributed by atoms with Gasteiger partial charge >= 0.3 is 0 Å². The molecule has 6 rings (SSSR count). The van der Waals surface area contributed by atoms with E-state index in [0.29, 0.717) is 23.7 Å². The lowest BCUT2D eigenvalue weighted by Crippen LogP contribution is -2.49. The molecule has 3 aromatic carbocycles. The molecule has 1 unspecified atom stereocenters. The molecule has 0 radical (unpaired) electrons. The van der Waals surface area contributed by atoms with E-state index in [1.807, 2.05) is 35.2 Å². The number of allylic oxidation sites excluding steroid dienone is 2. The van der Waals surface area contributed by atoms with E-state index in [1.54, 1.807) is 12.1 Å². The number of amides is 1. The van der Waals surface area contributed by atoms with Crippen molar-refractivity contribution in [1.82, 2.24) is 20.0 Å². The van der Waals surface area contributed by atoms with Crippen LogP contribution in [0.15, 0.2) is 103 Å². The summed E-state index contributed by atoms with van der Waals surface area (Å²) in [4.78, 5) is 19.7. The molecule has 0 aliphatic carbocycles. The zero-order valence-corrected chi connectivity index (χ0v) is 22.4. The highest BCUT2D eigenvalue weighted by Crippen LogP contribution is 2.34. The highest BCUT2D eigenvalue weighted by molar-refractivity contribution is 6.33. The van der Waals surface area contributed by atoms with Crippen molar-refractivity contribution in [3.8, 4) is 0 Å². The van der Waals surface area contributed by atoms with Gasteiger partial charge < -0.3 is 15.1 Å². The molecule has 3 aromatic rings. The summed E-state index contributed by atoms with van der Waals surface area (Å²) in [5.74, 6) is -0.00415. The number of hydrogen-bond donors (Lipinski definition) is 1. The first kappa shape index (κ1) is 24.8. The molecule has 3 heterocycles. The molecule has 0 spiro atoms. The highest BCUT2D eigenvalue weighted by Gasteiger charge is 2.33. The van der Waals surface area contributed by atoms with Crippen LogP contribution in [-0.4, -0.2) is 59.5 Å². The van der Waals surface area contributed by atoms with Crippen LogP contribution in [0.5, 0.6) is 0 Å². The van der Waals surface area contributed by atoms with Crippen LogP contribution < -0.4 is 5.32 Å². The summed E-state index contributed by atoms with van der Waals surface area (Å²) in [6.45, 7) is 3.67. The van der Waals surface area contributed by atoms with Gasteiger partial charge in [-0.15, -0.1) is 0 Å². The number of rotatable bonds is 5. The molecule has 0 saturated carbocycles. The first-order valence-corrected chi connectivity index (χ1v) is 13.6. The van der Waals surface area contributed by atoms with Crippen molar-refractivity contribution >= 4 is 40.4 Å². The van der Waals surface area contributed by atoms with Crippen LogP contribution in [0.25, 0.3) is 11.3 Å². The van der Waals surface area contributed by atoms with Gasteiger partial charge in [0.2, 0.25) is 0 Å². The lowest BCUT2D eigenvalue weighted by atomic mass is 10.0. The molecule has 1 N–H and O–H groups in total. The van der Waals surface area contributed by atoms with E-state index in [-0.39, 0.29) is 12.1 Å². The molecule has 1 amide bonds. The lowest BCUT2D eigenvalue weighted by molar-refractivity contribution is 0.0642. The lowest BCUT2D eigenvalue weighted by Gasteiger charge is -2.36. The van der Waals surface area contributed by atoms with E-state index >= 15 is 0 Å². The standard InChI is InChI=1S/C31H28Cl2N4O/c32-25-13-10-23(11-14-25)30-28(37-20-24(12-15-29(37)34-30)22-6-2-1-3-7-22)21-35-16-18-36(19-17-35)31(38)26-8-4-5-9-27(26)33/h1-15,20,29,34H,16-19,21H2. The minimum absolute atomic E-state index is 0.00415. The van der Waals surface area contributed by atoms with Crippen LogP contribution in [-0.2, 0) is 0 Å². The zero-order valence-electron chi connectivity index (χ0n) is 20.9. The zero-order chi connectivity index (χ0) is 26.1. The van der Waals surface area contributed by atoms with Gasteiger partial charge in [0.25, 0.3) is 5.91 Å². The number of nitrogens with one attached hydrogen (secondary N) is 1. The number of nitrogens with zero attached hydrogens (tertiary/aromatic N) is 3. The van der Waals surface area contributed by atoms with Crippen LogP contribution in [0, 0.1) is 0 Å². The molecule has 0 aromatic heterocycles. The second kappa shape index (κ2) is 10.7. The van der Waals surface area contributed by atoms with Crippen LogP contribution >= 0.6 is 23.2 Å². The Morgan fingerprint density at radius 3 is 2.29 bits per heavy atom. The van der Waals surface area contributed by atoms with Crippen molar-refractivity contribution in [2.75, 3.05) is 32.7 Å². The largest absolute Gasteiger partial charge is 0.360 e. The summed E-state index contributed by atoms with van der Waals surface area (Å²) in [7, 11) is 0. The summed E-state index contributed by atoms with van der Waals surface area (Å²) in [6.07, 6.45) is 6.69. The van der Waals surface area contributed by atoms with Gasteiger partial charge in [0, 0.05) is 43.9 Å². The Balaban J connectivity index is 1.24. The van der Waals surface area contributed by atoms with Crippen LogP contribution in [0.2, 0.25) is 10.0 Å². The van der Waals surface area contributed by atoms with E-state index in [0.717, 1.165) is 35.9 Å². The predicted octanol–water partition coefficient (Wildman–Crippen LogP) is 5.96. The van der Waals surface area contributed by atoms with Gasteiger partial charge in [0.15, 0.2) is 0 Å². The summed E-state index contributed by atoms with van der Waals surface area (Å²) in [5.41, 5.74) is 6.35. The number of halogens is 2. The summed E-state index contributed by atoms with van der Waals surface area (Å²) >= 11 is 12.5. The van der Waals surface area contributed by atoms with Gasteiger partial charge in [0.1, 0.15) is 6.17 Å². The first-order chi connectivity index (χ1) is 18.6. The summed E-state index contributed by atoms with van der Waals surface area (Å²) in [6, 6.07) is 25.7. The predicted molar refractivity (Wildman–Crippen MR) is 154 cm³/mol. The molecule has 0 bridgehead atoms. The first-order valence-electron chi connectivity index (χ1n) is 12.8. The fraction of sp³-hybridized carbons (Fsp3) is 0.194. The normalized spacial score (nSPS) is 19.3. The van der Waals surface area contributed by atoms with E-state index in [2.05, 4.69) is 69.9 Å². The Labute approximate surface area is 233 Å². The van der Waals surface area contributed by atoms with Crippen molar-refractivity contribution in [2.24, 2.45) is 0 Å². The molecule has 192 valence electrons. The second-order valence-corrected chi connectivity index (χ2v) is 10.5. The Morgan fingerprint density at radius 2 is 1.55 bits per heavy atom. The van der Waals surface area contributed by atoms with Crippen molar-refractivity contribution in [3.63, 3.8) is 0 Å².